The number of ether oxygens (including phenoxy) is 1. The lowest BCUT2D eigenvalue weighted by Crippen LogP contribution is -2.36. The molecule has 4 rings (SSSR count). The molecule has 0 unspecified atom stereocenters. The summed E-state index contributed by atoms with van der Waals surface area (Å²) in [5.41, 5.74) is 2.83. The van der Waals surface area contributed by atoms with Crippen LogP contribution in [0.1, 0.15) is 16.8 Å². The monoisotopic (exact) mass is 467 g/mol. The molecule has 0 radical (unpaired) electrons. The molecule has 0 saturated carbocycles. The predicted octanol–water partition coefficient (Wildman–Crippen LogP) is 4.17. The summed E-state index contributed by atoms with van der Waals surface area (Å²) in [5.74, 6) is -1.03. The summed E-state index contributed by atoms with van der Waals surface area (Å²) >= 11 is 5.97. The van der Waals surface area contributed by atoms with E-state index in [1.165, 1.54) is 18.2 Å². The lowest BCUT2D eigenvalue weighted by molar-refractivity contribution is -0.274. The average molecular weight is 468 g/mol. The third-order valence-corrected chi connectivity index (χ3v) is 5.42. The Morgan fingerprint density at radius 3 is 2.59 bits per heavy atom. The Bertz CT molecular complexity index is 1160. The minimum absolute atomic E-state index is 0.00506. The molecule has 0 bridgehead atoms. The number of halogens is 4. The number of rotatable bonds is 4. The van der Waals surface area contributed by atoms with E-state index in [0.29, 0.717) is 29.8 Å². The number of amides is 1. The molecule has 11 heteroatoms. The van der Waals surface area contributed by atoms with Crippen molar-refractivity contribution < 1.29 is 32.9 Å². The third-order valence-electron chi connectivity index (χ3n) is 5.12. The molecule has 1 aliphatic heterocycles. The summed E-state index contributed by atoms with van der Waals surface area (Å²) in [6, 6.07) is 7.67. The van der Waals surface area contributed by atoms with E-state index in [1.54, 1.807) is 4.90 Å². The highest BCUT2D eigenvalue weighted by Gasteiger charge is 2.31. The summed E-state index contributed by atoms with van der Waals surface area (Å²) in [6.45, 7) is 0.665. The number of carbonyl (C=O) groups is 1. The van der Waals surface area contributed by atoms with Gasteiger partial charge >= 0.3 is 6.36 Å². The van der Waals surface area contributed by atoms with Crippen molar-refractivity contribution in [2.45, 2.75) is 25.7 Å². The van der Waals surface area contributed by atoms with Gasteiger partial charge in [-0.05, 0) is 23.8 Å². The van der Waals surface area contributed by atoms with Crippen LogP contribution in [-0.2, 0) is 24.2 Å². The number of aromatic amines is 1. The molecule has 0 fully saturated rings. The fraction of sp³-hybridized carbons (Fsp3) is 0.238. The molecule has 0 spiro atoms. The number of fused-ring (bicyclic) bond motifs is 1. The Hall–Kier alpha value is -3.40. The van der Waals surface area contributed by atoms with Crippen LogP contribution in [0.5, 0.6) is 17.2 Å². The molecule has 1 aliphatic rings. The SMILES string of the molecule is O=C(Cc1ccc(OC(F)(F)F)cc1)N1CCc2[nH]nc(-c3cc(Cl)c(O)cc3O)c2C1. The number of aromatic hydroxyl groups is 2. The number of nitrogens with one attached hydrogen (secondary N) is 1. The summed E-state index contributed by atoms with van der Waals surface area (Å²) in [6.07, 6.45) is -4.26. The molecule has 2 heterocycles. The van der Waals surface area contributed by atoms with Crippen molar-refractivity contribution in [1.29, 1.82) is 0 Å². The van der Waals surface area contributed by atoms with Crippen LogP contribution >= 0.6 is 11.6 Å². The van der Waals surface area contributed by atoms with Crippen molar-refractivity contribution in [3.05, 3.63) is 58.2 Å². The maximum Gasteiger partial charge on any atom is 0.573 e. The molecule has 3 aromatic rings. The fourth-order valence-corrected chi connectivity index (χ4v) is 3.73. The highest BCUT2D eigenvalue weighted by molar-refractivity contribution is 6.32. The van der Waals surface area contributed by atoms with Gasteiger partial charge in [0.1, 0.15) is 22.9 Å². The maximum atomic E-state index is 12.8. The summed E-state index contributed by atoms with van der Waals surface area (Å²) in [4.78, 5) is 14.4. The van der Waals surface area contributed by atoms with Gasteiger partial charge in [0.25, 0.3) is 0 Å². The highest BCUT2D eigenvalue weighted by atomic mass is 35.5. The van der Waals surface area contributed by atoms with E-state index in [-0.39, 0.29) is 41.1 Å². The number of benzene rings is 2. The van der Waals surface area contributed by atoms with Crippen molar-refractivity contribution in [3.63, 3.8) is 0 Å². The van der Waals surface area contributed by atoms with Crippen LogP contribution in [0.15, 0.2) is 36.4 Å². The smallest absolute Gasteiger partial charge is 0.507 e. The van der Waals surface area contributed by atoms with Crippen LogP contribution in [0.4, 0.5) is 13.2 Å². The second-order valence-electron chi connectivity index (χ2n) is 7.28. The normalized spacial score (nSPS) is 13.7. The molecule has 7 nitrogen and oxygen atoms in total. The van der Waals surface area contributed by atoms with Gasteiger partial charge in [-0.3, -0.25) is 9.89 Å². The van der Waals surface area contributed by atoms with Crippen LogP contribution in [-0.4, -0.2) is 44.1 Å². The third kappa shape index (κ3) is 4.59. The van der Waals surface area contributed by atoms with E-state index in [2.05, 4.69) is 14.9 Å². The lowest BCUT2D eigenvalue weighted by Gasteiger charge is -2.27. The standard InChI is InChI=1S/C21H17ClF3N3O4/c22-15-8-13(17(29)9-18(15)30)20-14-10-28(6-5-16(14)26-27-20)19(31)7-11-1-3-12(4-2-11)32-21(23,24)25/h1-4,8-9,29-30H,5-7,10H2,(H,26,27). The molecule has 1 aromatic heterocycles. The number of alkyl halides is 3. The zero-order valence-electron chi connectivity index (χ0n) is 16.4. The lowest BCUT2D eigenvalue weighted by atomic mass is 9.99. The van der Waals surface area contributed by atoms with Crippen LogP contribution in [0.2, 0.25) is 5.02 Å². The van der Waals surface area contributed by atoms with E-state index in [9.17, 15) is 28.2 Å². The van der Waals surface area contributed by atoms with Gasteiger partial charge in [-0.1, -0.05) is 23.7 Å². The van der Waals surface area contributed by atoms with Crippen molar-refractivity contribution in [2.24, 2.45) is 0 Å². The van der Waals surface area contributed by atoms with E-state index in [4.69, 9.17) is 11.6 Å². The Labute approximate surface area is 185 Å². The molecule has 0 saturated heterocycles. The van der Waals surface area contributed by atoms with Crippen molar-refractivity contribution in [2.75, 3.05) is 6.54 Å². The number of carbonyl (C=O) groups excluding carboxylic acids is 1. The number of aromatic nitrogens is 2. The molecule has 168 valence electrons. The number of phenolic OH excluding ortho intramolecular Hbond substituents is 2. The highest BCUT2D eigenvalue weighted by Crippen LogP contribution is 2.39. The minimum atomic E-state index is -4.78. The largest absolute Gasteiger partial charge is 0.573 e. The first-order valence-electron chi connectivity index (χ1n) is 9.51. The summed E-state index contributed by atoms with van der Waals surface area (Å²) in [7, 11) is 0. The topological polar surface area (TPSA) is 98.7 Å². The van der Waals surface area contributed by atoms with Gasteiger partial charge in [-0.25, -0.2) is 0 Å². The second-order valence-corrected chi connectivity index (χ2v) is 7.69. The number of hydrogen-bond donors (Lipinski definition) is 3. The molecule has 0 aliphatic carbocycles. The van der Waals surface area contributed by atoms with Crippen molar-refractivity contribution in [1.82, 2.24) is 15.1 Å². The summed E-state index contributed by atoms with van der Waals surface area (Å²) < 4.78 is 40.7. The Balaban J connectivity index is 1.49. The Morgan fingerprint density at radius 2 is 1.91 bits per heavy atom. The molecule has 0 atom stereocenters. The molecule has 3 N–H and O–H groups in total. The zero-order chi connectivity index (χ0) is 23.0. The molecule has 1 amide bonds. The van der Waals surface area contributed by atoms with Gasteiger partial charge in [0.15, 0.2) is 0 Å². The minimum Gasteiger partial charge on any atom is -0.507 e. The Morgan fingerprint density at radius 1 is 1.19 bits per heavy atom. The average Bonchev–Trinajstić information content (AvgIpc) is 3.14. The van der Waals surface area contributed by atoms with Crippen LogP contribution in [0, 0.1) is 0 Å². The first-order valence-corrected chi connectivity index (χ1v) is 9.89. The zero-order valence-corrected chi connectivity index (χ0v) is 17.2. The first-order chi connectivity index (χ1) is 15.1. The predicted molar refractivity (Wildman–Crippen MR) is 108 cm³/mol. The van der Waals surface area contributed by atoms with E-state index in [1.807, 2.05) is 0 Å². The number of H-pyrrole nitrogens is 1. The molecule has 32 heavy (non-hydrogen) atoms. The van der Waals surface area contributed by atoms with Crippen molar-refractivity contribution in [3.8, 4) is 28.5 Å². The van der Waals surface area contributed by atoms with E-state index in [0.717, 1.165) is 29.5 Å². The van der Waals surface area contributed by atoms with Gasteiger partial charge in [0.2, 0.25) is 5.91 Å². The van der Waals surface area contributed by atoms with Crippen molar-refractivity contribution >= 4 is 17.5 Å². The van der Waals surface area contributed by atoms with E-state index >= 15 is 0 Å². The van der Waals surface area contributed by atoms with Gasteiger partial charge in [-0.2, -0.15) is 5.10 Å². The summed E-state index contributed by atoms with van der Waals surface area (Å²) in [5, 5.41) is 27.1. The second kappa shape index (κ2) is 8.27. The van der Waals surface area contributed by atoms with Crippen LogP contribution in [0.3, 0.4) is 0 Å². The quantitative estimate of drug-likeness (QED) is 0.535. The Kier molecular flexibility index (Phi) is 5.64. The fourth-order valence-electron chi connectivity index (χ4n) is 3.57. The molecule has 2 aromatic carbocycles. The van der Waals surface area contributed by atoms with Gasteiger partial charge < -0.3 is 19.8 Å². The number of nitrogens with zero attached hydrogens (tertiary/aromatic N) is 2. The van der Waals surface area contributed by atoms with Crippen LogP contribution in [0.25, 0.3) is 11.3 Å². The first kappa shape index (κ1) is 21.8. The number of hydrogen-bond acceptors (Lipinski definition) is 5. The van der Waals surface area contributed by atoms with Gasteiger partial charge in [0, 0.05) is 42.4 Å². The maximum absolute atomic E-state index is 12.8. The number of phenols is 2. The molecular formula is C21H17ClF3N3O4. The van der Waals surface area contributed by atoms with Gasteiger partial charge in [0.05, 0.1) is 11.4 Å². The molecular weight excluding hydrogens is 451 g/mol. The van der Waals surface area contributed by atoms with Gasteiger partial charge in [-0.15, -0.1) is 13.2 Å². The van der Waals surface area contributed by atoms with Crippen LogP contribution < -0.4 is 4.74 Å². The van der Waals surface area contributed by atoms with E-state index < -0.39 is 6.36 Å².